The van der Waals surface area contributed by atoms with Gasteiger partial charge in [0.25, 0.3) is 0 Å². The first kappa shape index (κ1) is 12.6. The lowest BCUT2D eigenvalue weighted by molar-refractivity contribution is 0.122. The third-order valence-electron chi connectivity index (χ3n) is 3.87. The van der Waals surface area contributed by atoms with Gasteiger partial charge >= 0.3 is 0 Å². The van der Waals surface area contributed by atoms with Gasteiger partial charge in [0, 0.05) is 5.54 Å². The van der Waals surface area contributed by atoms with Crippen LogP contribution in [0.25, 0.3) is 0 Å². The molecule has 0 radical (unpaired) electrons. The van der Waals surface area contributed by atoms with Gasteiger partial charge in [-0.05, 0) is 31.4 Å². The van der Waals surface area contributed by atoms with E-state index in [0.29, 0.717) is 0 Å². The predicted octanol–water partition coefficient (Wildman–Crippen LogP) is 2.51. The molecule has 1 aliphatic rings. The predicted molar refractivity (Wildman–Crippen MR) is 71.1 cm³/mol. The lowest BCUT2D eigenvalue weighted by Crippen LogP contribution is -2.50. The highest BCUT2D eigenvalue weighted by Crippen LogP contribution is 2.27. The maximum absolute atomic E-state index is 9.58. The van der Waals surface area contributed by atoms with Gasteiger partial charge in [0.15, 0.2) is 0 Å². The molecule has 0 saturated heterocycles. The highest BCUT2D eigenvalue weighted by Gasteiger charge is 2.30. The van der Waals surface area contributed by atoms with E-state index >= 15 is 0 Å². The minimum atomic E-state index is 0.00697. The summed E-state index contributed by atoms with van der Waals surface area (Å²) in [5.41, 5.74) is 1.37. The molecule has 1 fully saturated rings. The summed E-state index contributed by atoms with van der Waals surface area (Å²) in [5.74, 6) is 0. The Morgan fingerprint density at radius 3 is 2.41 bits per heavy atom. The zero-order valence-electron chi connectivity index (χ0n) is 10.5. The summed E-state index contributed by atoms with van der Waals surface area (Å²) in [6, 6.07) is 10.5. The minimum absolute atomic E-state index is 0.00697. The van der Waals surface area contributed by atoms with Gasteiger partial charge in [0.05, 0.1) is 6.61 Å². The van der Waals surface area contributed by atoms with Crippen LogP contribution in [0.4, 0.5) is 0 Å². The van der Waals surface area contributed by atoms with Crippen LogP contribution in [0.3, 0.4) is 0 Å². The lowest BCUT2D eigenvalue weighted by atomic mass is 9.82. The van der Waals surface area contributed by atoms with Crippen molar-refractivity contribution < 1.29 is 5.11 Å². The molecule has 1 saturated carbocycles. The maximum Gasteiger partial charge on any atom is 0.0613 e. The Kier molecular flexibility index (Phi) is 4.57. The Labute approximate surface area is 104 Å². The third kappa shape index (κ3) is 3.55. The Morgan fingerprint density at radius 2 is 1.76 bits per heavy atom. The molecular weight excluding hydrogens is 210 g/mol. The Balaban J connectivity index is 1.80. The van der Waals surface area contributed by atoms with Crippen molar-refractivity contribution in [2.24, 2.45) is 0 Å². The molecule has 0 aromatic heterocycles. The van der Waals surface area contributed by atoms with Gasteiger partial charge < -0.3 is 10.4 Å². The summed E-state index contributed by atoms with van der Waals surface area (Å²) in [6.07, 6.45) is 7.11. The standard InChI is InChI=1S/C15H23NO/c17-13-15(10-5-2-6-11-15)16-12-9-14-7-3-1-4-8-14/h1,3-4,7-8,16-17H,2,5-6,9-13H2. The largest absolute Gasteiger partial charge is 0.394 e. The molecule has 17 heavy (non-hydrogen) atoms. The van der Waals surface area contributed by atoms with E-state index in [1.54, 1.807) is 0 Å². The van der Waals surface area contributed by atoms with E-state index in [9.17, 15) is 5.11 Å². The van der Waals surface area contributed by atoms with Crippen LogP contribution in [0.5, 0.6) is 0 Å². The highest BCUT2D eigenvalue weighted by molar-refractivity contribution is 5.15. The Bertz CT molecular complexity index is 317. The first-order valence-corrected chi connectivity index (χ1v) is 6.74. The molecule has 2 heteroatoms. The van der Waals surface area contributed by atoms with Crippen molar-refractivity contribution >= 4 is 0 Å². The number of aliphatic hydroxyl groups is 1. The first-order chi connectivity index (χ1) is 8.35. The average molecular weight is 233 g/mol. The Hall–Kier alpha value is -0.860. The zero-order chi connectivity index (χ0) is 12.0. The fraction of sp³-hybridized carbons (Fsp3) is 0.600. The molecular formula is C15H23NO. The van der Waals surface area contributed by atoms with E-state index in [1.807, 2.05) is 6.07 Å². The smallest absolute Gasteiger partial charge is 0.0613 e. The minimum Gasteiger partial charge on any atom is -0.394 e. The highest BCUT2D eigenvalue weighted by atomic mass is 16.3. The molecule has 1 aliphatic carbocycles. The Morgan fingerprint density at radius 1 is 1.06 bits per heavy atom. The van der Waals surface area contributed by atoms with E-state index < -0.39 is 0 Å². The van der Waals surface area contributed by atoms with Crippen LogP contribution in [0.15, 0.2) is 30.3 Å². The molecule has 0 spiro atoms. The van der Waals surface area contributed by atoms with Crippen LogP contribution in [0, 0.1) is 0 Å². The van der Waals surface area contributed by atoms with Crippen LogP contribution in [0.2, 0.25) is 0 Å². The maximum atomic E-state index is 9.58. The fourth-order valence-electron chi connectivity index (χ4n) is 2.74. The number of nitrogens with one attached hydrogen (secondary N) is 1. The molecule has 2 nitrogen and oxygen atoms in total. The number of benzene rings is 1. The SMILES string of the molecule is OCC1(NCCc2ccccc2)CCCCC1. The normalized spacial score (nSPS) is 19.1. The van der Waals surface area contributed by atoms with Crippen LogP contribution in [0.1, 0.15) is 37.7 Å². The molecule has 1 aromatic carbocycles. The van der Waals surface area contributed by atoms with Gasteiger partial charge in [0.2, 0.25) is 0 Å². The topological polar surface area (TPSA) is 32.3 Å². The zero-order valence-corrected chi connectivity index (χ0v) is 10.5. The quantitative estimate of drug-likeness (QED) is 0.819. The van der Waals surface area contributed by atoms with Gasteiger partial charge in [-0.2, -0.15) is 0 Å². The van der Waals surface area contributed by atoms with Crippen molar-refractivity contribution in [2.45, 2.75) is 44.1 Å². The van der Waals surface area contributed by atoms with E-state index in [-0.39, 0.29) is 12.1 Å². The van der Waals surface area contributed by atoms with Crippen LogP contribution in [-0.4, -0.2) is 23.8 Å². The molecule has 0 atom stereocenters. The van der Waals surface area contributed by atoms with Gasteiger partial charge in [-0.15, -0.1) is 0 Å². The molecule has 2 rings (SSSR count). The number of hydrogen-bond acceptors (Lipinski definition) is 2. The summed E-state index contributed by atoms with van der Waals surface area (Å²) in [4.78, 5) is 0. The van der Waals surface area contributed by atoms with Gasteiger partial charge in [-0.25, -0.2) is 0 Å². The molecule has 0 aliphatic heterocycles. The number of hydrogen-bond donors (Lipinski definition) is 2. The van der Waals surface area contributed by atoms with Crippen molar-refractivity contribution in [1.29, 1.82) is 0 Å². The molecule has 0 unspecified atom stereocenters. The molecule has 2 N–H and O–H groups in total. The third-order valence-corrected chi connectivity index (χ3v) is 3.87. The molecule has 94 valence electrons. The van der Waals surface area contributed by atoms with Crippen LogP contribution < -0.4 is 5.32 Å². The summed E-state index contributed by atoms with van der Waals surface area (Å²) >= 11 is 0. The van der Waals surface area contributed by atoms with Gasteiger partial charge in [0.1, 0.15) is 0 Å². The van der Waals surface area contributed by atoms with Crippen molar-refractivity contribution in [3.8, 4) is 0 Å². The van der Waals surface area contributed by atoms with Crippen molar-refractivity contribution in [1.82, 2.24) is 5.32 Å². The summed E-state index contributed by atoms with van der Waals surface area (Å²) in [6.45, 7) is 1.24. The summed E-state index contributed by atoms with van der Waals surface area (Å²) in [5, 5.41) is 13.2. The van der Waals surface area contributed by atoms with Crippen LogP contribution in [-0.2, 0) is 6.42 Å². The molecule has 1 aromatic rings. The molecule has 0 bridgehead atoms. The average Bonchev–Trinajstić information content (AvgIpc) is 2.41. The number of rotatable bonds is 5. The van der Waals surface area contributed by atoms with Crippen molar-refractivity contribution in [3.05, 3.63) is 35.9 Å². The second-order valence-electron chi connectivity index (χ2n) is 5.16. The second kappa shape index (κ2) is 6.18. The van der Waals surface area contributed by atoms with Crippen molar-refractivity contribution in [3.63, 3.8) is 0 Å². The second-order valence-corrected chi connectivity index (χ2v) is 5.16. The first-order valence-electron chi connectivity index (χ1n) is 6.74. The molecule has 0 heterocycles. The van der Waals surface area contributed by atoms with Crippen molar-refractivity contribution in [2.75, 3.05) is 13.2 Å². The molecule has 0 amide bonds. The monoisotopic (exact) mass is 233 g/mol. The van der Waals surface area contributed by atoms with Crippen LogP contribution >= 0.6 is 0 Å². The van der Waals surface area contributed by atoms with Gasteiger partial charge in [-0.3, -0.25) is 0 Å². The lowest BCUT2D eigenvalue weighted by Gasteiger charge is -2.36. The van der Waals surface area contributed by atoms with E-state index in [1.165, 1.54) is 24.8 Å². The van der Waals surface area contributed by atoms with E-state index in [0.717, 1.165) is 25.8 Å². The summed E-state index contributed by atoms with van der Waals surface area (Å²) in [7, 11) is 0. The van der Waals surface area contributed by atoms with E-state index in [4.69, 9.17) is 0 Å². The fourth-order valence-corrected chi connectivity index (χ4v) is 2.74. The number of aliphatic hydroxyl groups excluding tert-OH is 1. The van der Waals surface area contributed by atoms with E-state index in [2.05, 4.69) is 29.6 Å². The van der Waals surface area contributed by atoms with Gasteiger partial charge in [-0.1, -0.05) is 49.6 Å². The summed E-state index contributed by atoms with van der Waals surface area (Å²) < 4.78 is 0.